The Labute approximate surface area is 210 Å². The average molecular weight is 498 g/mol. The Bertz CT molecular complexity index is 1140. The molecule has 0 bridgehead atoms. The van der Waals surface area contributed by atoms with Crippen LogP contribution in [0.5, 0.6) is 5.75 Å². The molecule has 2 N–H and O–H groups in total. The smallest absolute Gasteiger partial charge is 0.257 e. The molecular weight excluding hydrogens is 465 g/mol. The molecule has 2 heterocycles. The SMILES string of the molecule is CC(C)C(=O)Nc1ccc2c(c1)C(=O)N(C)[C@H]1CC[C@@H](CC(=O)NCc3cccc(F)c3)O[C@@H]1CO2. The van der Waals surface area contributed by atoms with Gasteiger partial charge >= 0.3 is 0 Å². The minimum absolute atomic E-state index is 0.130. The number of nitrogens with zero attached hydrogens (tertiary/aromatic N) is 1. The van der Waals surface area contributed by atoms with Crippen LogP contribution in [-0.4, -0.2) is 54.5 Å². The number of rotatable bonds is 6. The Morgan fingerprint density at radius 1 is 1.17 bits per heavy atom. The molecule has 8 nitrogen and oxygen atoms in total. The highest BCUT2D eigenvalue weighted by atomic mass is 19.1. The summed E-state index contributed by atoms with van der Waals surface area (Å²) in [5, 5.41) is 5.63. The highest BCUT2D eigenvalue weighted by Gasteiger charge is 2.39. The van der Waals surface area contributed by atoms with Crippen molar-refractivity contribution in [2.75, 3.05) is 19.0 Å². The number of hydrogen-bond acceptors (Lipinski definition) is 5. The van der Waals surface area contributed by atoms with E-state index in [1.807, 2.05) is 0 Å². The quantitative estimate of drug-likeness (QED) is 0.637. The standard InChI is InChI=1S/C27H32FN3O5/c1-16(2)26(33)30-19-7-10-23-21(12-19)27(34)31(3)22-9-8-20(36-24(22)15-35-23)13-25(32)29-14-17-5-4-6-18(28)11-17/h4-7,10-12,16,20,22,24H,8-9,13-15H2,1-3H3,(H,29,32)(H,30,33)/t20-,22-,24+/m0/s1. The zero-order valence-corrected chi connectivity index (χ0v) is 20.8. The van der Waals surface area contributed by atoms with E-state index in [1.54, 1.807) is 56.1 Å². The van der Waals surface area contributed by atoms with Gasteiger partial charge in [0.1, 0.15) is 24.3 Å². The van der Waals surface area contributed by atoms with E-state index in [0.717, 1.165) is 0 Å². The number of hydrogen-bond donors (Lipinski definition) is 2. The number of halogens is 1. The number of likely N-dealkylation sites (N-methyl/N-ethyl adjacent to an activating group) is 1. The Hall–Kier alpha value is -3.46. The van der Waals surface area contributed by atoms with Gasteiger partial charge in [0.2, 0.25) is 11.8 Å². The normalized spacial score (nSPS) is 21.5. The van der Waals surface area contributed by atoms with Crippen LogP contribution >= 0.6 is 0 Å². The van der Waals surface area contributed by atoms with Crippen molar-refractivity contribution in [1.82, 2.24) is 10.2 Å². The molecule has 3 atom stereocenters. The molecule has 192 valence electrons. The Balaban J connectivity index is 1.38. The molecule has 4 rings (SSSR count). The fraction of sp³-hybridized carbons (Fsp3) is 0.444. The molecule has 3 amide bonds. The van der Waals surface area contributed by atoms with E-state index in [0.29, 0.717) is 35.4 Å². The van der Waals surface area contributed by atoms with Gasteiger partial charge in [0.05, 0.1) is 24.1 Å². The molecular formula is C27H32FN3O5. The molecule has 2 aliphatic rings. The maximum atomic E-state index is 13.3. The van der Waals surface area contributed by atoms with Crippen LogP contribution in [0, 0.1) is 11.7 Å². The van der Waals surface area contributed by atoms with Crippen molar-refractivity contribution in [3.63, 3.8) is 0 Å². The summed E-state index contributed by atoms with van der Waals surface area (Å²) in [4.78, 5) is 39.5. The second kappa shape index (κ2) is 11.1. The van der Waals surface area contributed by atoms with E-state index in [4.69, 9.17) is 9.47 Å². The molecule has 36 heavy (non-hydrogen) atoms. The van der Waals surface area contributed by atoms with E-state index < -0.39 is 0 Å². The number of fused-ring (bicyclic) bond motifs is 2. The highest BCUT2D eigenvalue weighted by Crippen LogP contribution is 2.32. The summed E-state index contributed by atoms with van der Waals surface area (Å²) < 4.78 is 25.5. The summed E-state index contributed by atoms with van der Waals surface area (Å²) >= 11 is 0. The summed E-state index contributed by atoms with van der Waals surface area (Å²) in [5.74, 6) is -0.626. The monoisotopic (exact) mass is 497 g/mol. The van der Waals surface area contributed by atoms with E-state index in [9.17, 15) is 18.8 Å². The lowest BCUT2D eigenvalue weighted by Gasteiger charge is -2.42. The van der Waals surface area contributed by atoms with Gasteiger partial charge in [-0.15, -0.1) is 0 Å². The van der Waals surface area contributed by atoms with Crippen LogP contribution in [0.2, 0.25) is 0 Å². The van der Waals surface area contributed by atoms with Gasteiger partial charge in [-0.25, -0.2) is 4.39 Å². The van der Waals surface area contributed by atoms with Crippen LogP contribution in [0.3, 0.4) is 0 Å². The molecule has 9 heteroatoms. The zero-order chi connectivity index (χ0) is 25.8. The van der Waals surface area contributed by atoms with E-state index in [2.05, 4.69) is 10.6 Å². The van der Waals surface area contributed by atoms with Crippen LogP contribution in [0.4, 0.5) is 10.1 Å². The Morgan fingerprint density at radius 3 is 2.72 bits per heavy atom. The third-order valence-electron chi connectivity index (χ3n) is 6.60. The molecule has 2 aromatic carbocycles. The lowest BCUT2D eigenvalue weighted by Crippen LogP contribution is -2.53. The third kappa shape index (κ3) is 6.02. The van der Waals surface area contributed by atoms with Crippen molar-refractivity contribution in [2.45, 2.75) is 57.9 Å². The summed E-state index contributed by atoms with van der Waals surface area (Å²) in [6.07, 6.45) is 0.757. The number of benzene rings is 2. The number of carbonyl (C=O) groups is 3. The first-order chi connectivity index (χ1) is 17.2. The molecule has 0 unspecified atom stereocenters. The van der Waals surface area contributed by atoms with E-state index in [1.165, 1.54) is 12.1 Å². The second-order valence-corrected chi connectivity index (χ2v) is 9.63. The molecule has 1 saturated heterocycles. The summed E-state index contributed by atoms with van der Waals surface area (Å²) in [7, 11) is 1.74. The van der Waals surface area contributed by atoms with Gasteiger partial charge in [0.25, 0.3) is 5.91 Å². The first-order valence-electron chi connectivity index (χ1n) is 12.2. The van der Waals surface area contributed by atoms with Gasteiger partial charge in [-0.2, -0.15) is 0 Å². The van der Waals surface area contributed by atoms with E-state index in [-0.39, 0.29) is 67.3 Å². The van der Waals surface area contributed by atoms with Crippen molar-refractivity contribution >= 4 is 23.4 Å². The largest absolute Gasteiger partial charge is 0.490 e. The maximum Gasteiger partial charge on any atom is 0.257 e. The summed E-state index contributed by atoms with van der Waals surface area (Å²) in [6.45, 7) is 4.07. The third-order valence-corrected chi connectivity index (χ3v) is 6.60. The lowest BCUT2D eigenvalue weighted by molar-refractivity contribution is -0.134. The van der Waals surface area contributed by atoms with Gasteiger partial charge in [-0.05, 0) is 48.7 Å². The molecule has 0 aromatic heterocycles. The van der Waals surface area contributed by atoms with Crippen LogP contribution in [0.1, 0.15) is 49.0 Å². The van der Waals surface area contributed by atoms with Crippen LogP contribution < -0.4 is 15.4 Å². The second-order valence-electron chi connectivity index (χ2n) is 9.63. The van der Waals surface area contributed by atoms with Gasteiger partial charge in [-0.3, -0.25) is 14.4 Å². The minimum Gasteiger partial charge on any atom is -0.490 e. The van der Waals surface area contributed by atoms with E-state index >= 15 is 0 Å². The van der Waals surface area contributed by atoms with Crippen LogP contribution in [-0.2, 0) is 20.9 Å². The zero-order valence-electron chi connectivity index (χ0n) is 20.8. The highest BCUT2D eigenvalue weighted by molar-refractivity contribution is 6.00. The fourth-order valence-electron chi connectivity index (χ4n) is 4.52. The number of amides is 3. The van der Waals surface area contributed by atoms with Crippen molar-refractivity contribution < 1.29 is 28.2 Å². The van der Waals surface area contributed by atoms with Crippen molar-refractivity contribution in [3.8, 4) is 5.75 Å². The Morgan fingerprint density at radius 2 is 1.97 bits per heavy atom. The van der Waals surface area contributed by atoms with Gasteiger partial charge in [-0.1, -0.05) is 26.0 Å². The first kappa shape index (κ1) is 25.6. The predicted molar refractivity (Wildman–Crippen MR) is 132 cm³/mol. The van der Waals surface area contributed by atoms with Crippen LogP contribution in [0.15, 0.2) is 42.5 Å². The number of ether oxygens (including phenoxy) is 2. The molecule has 2 aliphatic heterocycles. The molecule has 2 aromatic rings. The van der Waals surface area contributed by atoms with Crippen LogP contribution in [0.25, 0.3) is 0 Å². The average Bonchev–Trinajstić information content (AvgIpc) is 2.85. The topological polar surface area (TPSA) is 97.0 Å². The number of nitrogens with one attached hydrogen (secondary N) is 2. The van der Waals surface area contributed by atoms with Crippen molar-refractivity contribution in [2.24, 2.45) is 5.92 Å². The number of carbonyl (C=O) groups excluding carboxylic acids is 3. The van der Waals surface area contributed by atoms with Gasteiger partial charge < -0.3 is 25.0 Å². The van der Waals surface area contributed by atoms with Gasteiger partial charge in [0, 0.05) is 25.2 Å². The molecule has 0 spiro atoms. The Kier molecular flexibility index (Phi) is 7.88. The maximum absolute atomic E-state index is 13.3. The first-order valence-corrected chi connectivity index (χ1v) is 12.2. The fourth-order valence-corrected chi connectivity index (χ4v) is 4.52. The molecule has 0 aliphatic carbocycles. The minimum atomic E-state index is -0.387. The molecule has 0 saturated carbocycles. The van der Waals surface area contributed by atoms with Crippen molar-refractivity contribution in [1.29, 1.82) is 0 Å². The lowest BCUT2D eigenvalue weighted by atomic mass is 9.94. The molecule has 1 fully saturated rings. The number of anilines is 1. The summed E-state index contributed by atoms with van der Waals surface area (Å²) in [5.41, 5.74) is 1.61. The van der Waals surface area contributed by atoms with Gasteiger partial charge in [0.15, 0.2) is 0 Å². The summed E-state index contributed by atoms with van der Waals surface area (Å²) in [6, 6.07) is 10.9. The predicted octanol–water partition coefficient (Wildman–Crippen LogP) is 3.51. The molecule has 0 radical (unpaired) electrons. The van der Waals surface area contributed by atoms with Crippen molar-refractivity contribution in [3.05, 3.63) is 59.4 Å².